The first-order valence-corrected chi connectivity index (χ1v) is 8.36. The van der Waals surface area contributed by atoms with E-state index in [9.17, 15) is 0 Å². The van der Waals surface area contributed by atoms with Crippen molar-refractivity contribution in [1.82, 2.24) is 5.32 Å². The van der Waals surface area contributed by atoms with Gasteiger partial charge in [-0.05, 0) is 49.1 Å². The van der Waals surface area contributed by atoms with E-state index in [1.54, 1.807) is 5.56 Å². The number of benzene rings is 1. The molecular formula is C16H25NS. The summed E-state index contributed by atoms with van der Waals surface area (Å²) in [5, 5.41) is 4.51. The van der Waals surface area contributed by atoms with E-state index in [-0.39, 0.29) is 0 Å². The Kier molecular flexibility index (Phi) is 5.13. The lowest BCUT2D eigenvalue weighted by Gasteiger charge is -2.30. The predicted octanol–water partition coefficient (Wildman–Crippen LogP) is 4.36. The zero-order valence-electron chi connectivity index (χ0n) is 11.8. The molecule has 3 atom stereocenters. The topological polar surface area (TPSA) is 12.0 Å². The summed E-state index contributed by atoms with van der Waals surface area (Å²) in [4.78, 5) is 0. The van der Waals surface area contributed by atoms with Crippen LogP contribution in [-0.4, -0.2) is 18.1 Å². The van der Waals surface area contributed by atoms with Crippen molar-refractivity contribution in [2.24, 2.45) is 0 Å². The maximum Gasteiger partial charge on any atom is 0.0323 e. The van der Waals surface area contributed by atoms with Gasteiger partial charge >= 0.3 is 0 Å². The molecule has 3 unspecified atom stereocenters. The summed E-state index contributed by atoms with van der Waals surface area (Å²) in [5.41, 5.74) is 3.09. The van der Waals surface area contributed by atoms with E-state index in [0.717, 1.165) is 17.7 Å². The van der Waals surface area contributed by atoms with Crippen molar-refractivity contribution >= 4 is 11.8 Å². The first-order valence-electron chi connectivity index (χ1n) is 7.07. The molecule has 18 heavy (non-hydrogen) atoms. The molecule has 0 bridgehead atoms. The van der Waals surface area contributed by atoms with E-state index in [0.29, 0.717) is 6.04 Å². The quantitative estimate of drug-likeness (QED) is 0.847. The molecule has 1 aromatic carbocycles. The van der Waals surface area contributed by atoms with Gasteiger partial charge in [0.2, 0.25) is 0 Å². The third kappa shape index (κ3) is 3.30. The van der Waals surface area contributed by atoms with E-state index >= 15 is 0 Å². The van der Waals surface area contributed by atoms with Crippen molar-refractivity contribution in [2.45, 2.75) is 50.3 Å². The van der Waals surface area contributed by atoms with Crippen LogP contribution in [0.15, 0.2) is 24.3 Å². The molecule has 1 aliphatic rings. The van der Waals surface area contributed by atoms with Gasteiger partial charge in [0, 0.05) is 11.3 Å². The summed E-state index contributed by atoms with van der Waals surface area (Å²) < 4.78 is 0. The molecule has 1 nitrogen and oxygen atoms in total. The Balaban J connectivity index is 1.96. The van der Waals surface area contributed by atoms with E-state index < -0.39 is 0 Å². The minimum absolute atomic E-state index is 0.575. The fourth-order valence-electron chi connectivity index (χ4n) is 2.80. The molecule has 1 aliphatic carbocycles. The summed E-state index contributed by atoms with van der Waals surface area (Å²) >= 11 is 1.96. The number of nitrogens with one attached hydrogen (secondary N) is 1. The highest BCUT2D eigenvalue weighted by Gasteiger charge is 2.23. The molecule has 2 rings (SSSR count). The van der Waals surface area contributed by atoms with Gasteiger partial charge in [0.15, 0.2) is 0 Å². The number of rotatable bonds is 5. The first kappa shape index (κ1) is 14.0. The van der Waals surface area contributed by atoms with E-state index in [2.05, 4.69) is 49.7 Å². The van der Waals surface area contributed by atoms with E-state index in [1.807, 2.05) is 11.8 Å². The van der Waals surface area contributed by atoms with Gasteiger partial charge in [-0.25, -0.2) is 0 Å². The molecule has 0 fully saturated rings. The highest BCUT2D eigenvalue weighted by atomic mass is 32.2. The number of fused-ring (bicyclic) bond motifs is 1. The van der Waals surface area contributed by atoms with E-state index in [4.69, 9.17) is 0 Å². The summed E-state index contributed by atoms with van der Waals surface area (Å²) in [6.07, 6.45) is 6.05. The number of hydrogen-bond donors (Lipinski definition) is 1. The third-order valence-corrected chi connectivity index (χ3v) is 5.18. The van der Waals surface area contributed by atoms with Gasteiger partial charge in [0.25, 0.3) is 0 Å². The van der Waals surface area contributed by atoms with Crippen LogP contribution in [0.2, 0.25) is 0 Å². The molecule has 0 saturated carbocycles. The van der Waals surface area contributed by atoms with Gasteiger partial charge in [-0.1, -0.05) is 38.1 Å². The molecule has 0 spiro atoms. The minimum Gasteiger partial charge on any atom is -0.310 e. The predicted molar refractivity (Wildman–Crippen MR) is 82.4 cm³/mol. The van der Waals surface area contributed by atoms with Gasteiger partial charge < -0.3 is 5.32 Å². The second-order valence-electron chi connectivity index (χ2n) is 5.45. The highest BCUT2D eigenvalue weighted by Crippen LogP contribution is 2.36. The van der Waals surface area contributed by atoms with Crippen LogP contribution >= 0.6 is 11.8 Å². The van der Waals surface area contributed by atoms with Crippen molar-refractivity contribution in [2.75, 3.05) is 12.8 Å². The molecule has 0 heterocycles. The minimum atomic E-state index is 0.575. The number of thioether (sulfide) groups is 1. The van der Waals surface area contributed by atoms with Crippen LogP contribution in [0.4, 0.5) is 0 Å². The fourth-order valence-corrected chi connectivity index (χ4v) is 3.15. The SMILES string of the molecule is CSC(C)CCNC1CCC(C)c2ccccc21. The van der Waals surface area contributed by atoms with Crippen LogP contribution in [0.5, 0.6) is 0 Å². The average Bonchev–Trinajstić information content (AvgIpc) is 2.41. The molecule has 0 aromatic heterocycles. The summed E-state index contributed by atoms with van der Waals surface area (Å²) in [5.74, 6) is 0.726. The molecule has 1 N–H and O–H groups in total. The summed E-state index contributed by atoms with van der Waals surface area (Å²) in [6, 6.07) is 9.54. The summed E-state index contributed by atoms with van der Waals surface area (Å²) in [6.45, 7) is 5.80. The van der Waals surface area contributed by atoms with Gasteiger partial charge in [-0.15, -0.1) is 0 Å². The first-order chi connectivity index (χ1) is 8.72. The van der Waals surface area contributed by atoms with Crippen molar-refractivity contribution in [3.63, 3.8) is 0 Å². The largest absolute Gasteiger partial charge is 0.310 e. The monoisotopic (exact) mass is 263 g/mol. The summed E-state index contributed by atoms with van der Waals surface area (Å²) in [7, 11) is 0. The Morgan fingerprint density at radius 2 is 2.00 bits per heavy atom. The molecule has 0 aliphatic heterocycles. The third-order valence-electron chi connectivity index (χ3n) is 4.13. The Hall–Kier alpha value is -0.470. The lowest BCUT2D eigenvalue weighted by molar-refractivity contribution is 0.429. The van der Waals surface area contributed by atoms with Crippen molar-refractivity contribution in [3.8, 4) is 0 Å². The normalized spacial score (nSPS) is 24.6. The smallest absolute Gasteiger partial charge is 0.0323 e. The second-order valence-corrected chi connectivity index (χ2v) is 6.73. The maximum absolute atomic E-state index is 3.75. The lowest BCUT2D eigenvalue weighted by Crippen LogP contribution is -2.28. The highest BCUT2D eigenvalue weighted by molar-refractivity contribution is 7.99. The van der Waals surface area contributed by atoms with Gasteiger partial charge in [0.05, 0.1) is 0 Å². The van der Waals surface area contributed by atoms with Crippen molar-refractivity contribution in [1.29, 1.82) is 0 Å². The van der Waals surface area contributed by atoms with Crippen LogP contribution in [-0.2, 0) is 0 Å². The Labute approximate surface area is 116 Å². The molecule has 100 valence electrons. The molecule has 0 saturated heterocycles. The van der Waals surface area contributed by atoms with Crippen molar-refractivity contribution < 1.29 is 0 Å². The van der Waals surface area contributed by atoms with Gasteiger partial charge in [-0.3, -0.25) is 0 Å². The van der Waals surface area contributed by atoms with Gasteiger partial charge in [-0.2, -0.15) is 11.8 Å². The Morgan fingerprint density at radius 1 is 1.28 bits per heavy atom. The Morgan fingerprint density at radius 3 is 2.72 bits per heavy atom. The Bertz CT molecular complexity index is 377. The second kappa shape index (κ2) is 6.63. The molecule has 1 aromatic rings. The molecular weight excluding hydrogens is 238 g/mol. The van der Waals surface area contributed by atoms with E-state index in [1.165, 1.54) is 24.8 Å². The standard InChI is InChI=1S/C16H25NS/c1-12-8-9-16(17-11-10-13(2)18-3)15-7-5-4-6-14(12)15/h4-7,12-13,16-17H,8-11H2,1-3H3. The molecule has 0 amide bonds. The molecule has 0 radical (unpaired) electrons. The lowest BCUT2D eigenvalue weighted by atomic mass is 9.81. The molecule has 2 heteroatoms. The number of hydrogen-bond acceptors (Lipinski definition) is 2. The van der Waals surface area contributed by atoms with Crippen LogP contribution in [0.1, 0.15) is 56.2 Å². The van der Waals surface area contributed by atoms with Crippen LogP contribution in [0.25, 0.3) is 0 Å². The van der Waals surface area contributed by atoms with Crippen molar-refractivity contribution in [3.05, 3.63) is 35.4 Å². The average molecular weight is 263 g/mol. The maximum atomic E-state index is 3.75. The zero-order valence-corrected chi connectivity index (χ0v) is 12.6. The fraction of sp³-hybridized carbons (Fsp3) is 0.625. The van der Waals surface area contributed by atoms with Gasteiger partial charge in [0.1, 0.15) is 0 Å². The van der Waals surface area contributed by atoms with Crippen LogP contribution < -0.4 is 5.32 Å². The zero-order chi connectivity index (χ0) is 13.0. The van der Waals surface area contributed by atoms with Crippen LogP contribution in [0.3, 0.4) is 0 Å². The van der Waals surface area contributed by atoms with Crippen LogP contribution in [0, 0.1) is 0 Å².